The van der Waals surface area contributed by atoms with Gasteiger partial charge in [-0.1, -0.05) is 31.5 Å². The fraction of sp³-hybridized carbons (Fsp3) is 0.519. The number of nitrogens with one attached hydrogen (secondary N) is 1. The number of nitriles is 1. The molecule has 4 rings (SSSR count). The van der Waals surface area contributed by atoms with Gasteiger partial charge >= 0.3 is 13.7 Å². The molecule has 6 unspecified atom stereocenters. The fourth-order valence-corrected chi connectivity index (χ4v) is 5.95. The monoisotopic (exact) mass is 617 g/mol. The Kier molecular flexibility index (Phi) is 10.2. The predicted octanol–water partition coefficient (Wildman–Crippen LogP) is 3.12. The Labute approximate surface area is 248 Å². The molecule has 0 saturated carbocycles. The number of hydrogen-bond acceptors (Lipinski definition) is 13. The van der Waals surface area contributed by atoms with E-state index in [1.54, 1.807) is 37.3 Å². The summed E-state index contributed by atoms with van der Waals surface area (Å²) in [6.45, 7) is 6.76. The molecule has 1 fully saturated rings. The minimum absolute atomic E-state index is 0.0813. The number of carbonyl (C=O) groups is 1. The summed E-state index contributed by atoms with van der Waals surface area (Å²) in [7, 11) is -4.26. The quantitative estimate of drug-likeness (QED) is 0.135. The summed E-state index contributed by atoms with van der Waals surface area (Å²) in [5.74, 6) is -0.344. The van der Waals surface area contributed by atoms with Crippen molar-refractivity contribution in [3.05, 3.63) is 36.7 Å². The molecule has 1 aromatic carbocycles. The van der Waals surface area contributed by atoms with Crippen LogP contribution in [0.5, 0.6) is 11.6 Å². The van der Waals surface area contributed by atoms with E-state index in [1.807, 2.05) is 6.92 Å². The minimum Gasteiger partial charge on any atom is -0.476 e. The van der Waals surface area contributed by atoms with Gasteiger partial charge in [0.05, 0.1) is 32.2 Å². The molecule has 0 spiro atoms. The normalized spacial score (nSPS) is 23.8. The highest BCUT2D eigenvalue weighted by Crippen LogP contribution is 2.49. The number of para-hydroxylation sites is 1. The number of unbranched alkanes of at least 4 members (excludes halogenated alkanes) is 1. The summed E-state index contributed by atoms with van der Waals surface area (Å²) in [5, 5.41) is 24.0. The number of aliphatic hydroxyl groups is 1. The summed E-state index contributed by atoms with van der Waals surface area (Å²) in [6.07, 6.45) is -0.770. The summed E-state index contributed by atoms with van der Waals surface area (Å²) >= 11 is 0. The van der Waals surface area contributed by atoms with Crippen LogP contribution in [-0.2, 0) is 23.4 Å². The average molecular weight is 618 g/mol. The smallest absolute Gasteiger partial charge is 0.459 e. The zero-order valence-corrected chi connectivity index (χ0v) is 25.3. The van der Waals surface area contributed by atoms with Gasteiger partial charge in [0, 0.05) is 0 Å². The predicted molar refractivity (Wildman–Crippen MR) is 154 cm³/mol. The standard InChI is InChI=1S/C27H36N7O8P/c1-5-7-13-39-24(36)17(3)33-43(37,42-18-11-9-8-10-12-18)40-14-19-21(35)27(4,15-28)25(41-19)34-16-30-20-22(34)31-26(29)32-23(20)38-6-2/h8-12,16-17,19,21,25,35H,5-7,13-14H2,1-4H3,(H,33,37)(H2,29,31,32). The number of nitrogens with two attached hydrogens (primary N) is 1. The number of nitrogen functional groups attached to an aromatic ring is 1. The number of fused-ring (bicyclic) bond motifs is 1. The number of anilines is 1. The second-order valence-corrected chi connectivity index (χ2v) is 11.8. The number of imidazole rings is 1. The van der Waals surface area contributed by atoms with E-state index in [4.69, 9.17) is 29.0 Å². The van der Waals surface area contributed by atoms with E-state index in [-0.39, 0.29) is 29.8 Å². The summed E-state index contributed by atoms with van der Waals surface area (Å²) in [6, 6.07) is 9.31. The van der Waals surface area contributed by atoms with Gasteiger partial charge in [-0.2, -0.15) is 20.3 Å². The van der Waals surface area contributed by atoms with E-state index in [9.17, 15) is 19.7 Å². The number of aromatic nitrogens is 4. The van der Waals surface area contributed by atoms with Crippen LogP contribution in [-0.4, -0.2) is 68.7 Å². The van der Waals surface area contributed by atoms with Crippen molar-refractivity contribution < 1.29 is 37.7 Å². The van der Waals surface area contributed by atoms with Gasteiger partial charge < -0.3 is 29.6 Å². The SMILES string of the molecule is CCCCOC(=O)C(C)NP(=O)(OCC1OC(n2cnc3c(OCC)nc(N)nc32)C(C)(C#N)C1O)Oc1ccccc1. The molecule has 3 aromatic rings. The molecule has 43 heavy (non-hydrogen) atoms. The maximum atomic E-state index is 13.9. The molecule has 4 N–H and O–H groups in total. The van der Waals surface area contributed by atoms with Gasteiger partial charge in [-0.15, -0.1) is 0 Å². The lowest BCUT2D eigenvalue weighted by Crippen LogP contribution is -2.39. The van der Waals surface area contributed by atoms with Crippen molar-refractivity contribution in [1.29, 1.82) is 5.26 Å². The summed E-state index contributed by atoms with van der Waals surface area (Å²) in [4.78, 5) is 25.1. The van der Waals surface area contributed by atoms with E-state index in [0.29, 0.717) is 18.5 Å². The molecule has 0 bridgehead atoms. The number of nitrogens with zero attached hydrogens (tertiary/aromatic N) is 5. The number of esters is 1. The van der Waals surface area contributed by atoms with Gasteiger partial charge in [0.1, 0.15) is 29.4 Å². The molecular weight excluding hydrogens is 581 g/mol. The Morgan fingerprint density at radius 3 is 2.74 bits per heavy atom. The Balaban J connectivity index is 1.57. The van der Waals surface area contributed by atoms with Gasteiger partial charge in [0.15, 0.2) is 17.4 Å². The van der Waals surface area contributed by atoms with Gasteiger partial charge in [-0.25, -0.2) is 9.55 Å². The van der Waals surface area contributed by atoms with Crippen LogP contribution < -0.4 is 20.1 Å². The molecule has 0 aliphatic carbocycles. The van der Waals surface area contributed by atoms with Crippen LogP contribution in [0.15, 0.2) is 36.7 Å². The third-order valence-corrected chi connectivity index (χ3v) is 8.43. The second-order valence-electron chi connectivity index (χ2n) is 10.1. The van der Waals surface area contributed by atoms with Crippen LogP contribution in [0, 0.1) is 16.7 Å². The molecule has 15 nitrogen and oxygen atoms in total. The molecule has 1 saturated heterocycles. The molecule has 2 aromatic heterocycles. The van der Waals surface area contributed by atoms with Crippen LogP contribution in [0.4, 0.5) is 5.95 Å². The number of carbonyl (C=O) groups excluding carboxylic acids is 1. The zero-order chi connectivity index (χ0) is 31.2. The highest BCUT2D eigenvalue weighted by molar-refractivity contribution is 7.52. The van der Waals surface area contributed by atoms with Gasteiger partial charge in [-0.05, 0) is 39.3 Å². The average Bonchev–Trinajstić information content (AvgIpc) is 3.51. The minimum atomic E-state index is -4.26. The molecule has 3 heterocycles. The molecule has 0 amide bonds. The Hall–Kier alpha value is -3.80. The third kappa shape index (κ3) is 7.06. The van der Waals surface area contributed by atoms with Crippen molar-refractivity contribution in [2.45, 2.75) is 65.0 Å². The van der Waals surface area contributed by atoms with E-state index in [1.165, 1.54) is 24.7 Å². The second kappa shape index (κ2) is 13.7. The number of aliphatic hydroxyl groups excluding tert-OH is 1. The fourth-order valence-electron chi connectivity index (χ4n) is 4.45. The highest BCUT2D eigenvalue weighted by Gasteiger charge is 2.56. The largest absolute Gasteiger partial charge is 0.476 e. The molecule has 6 atom stereocenters. The van der Waals surface area contributed by atoms with Crippen LogP contribution in [0.3, 0.4) is 0 Å². The van der Waals surface area contributed by atoms with E-state index >= 15 is 0 Å². The lowest BCUT2D eigenvalue weighted by Gasteiger charge is -2.26. The van der Waals surface area contributed by atoms with Crippen LogP contribution in [0.1, 0.15) is 46.8 Å². The number of ether oxygens (including phenoxy) is 3. The lowest BCUT2D eigenvalue weighted by molar-refractivity contribution is -0.145. The van der Waals surface area contributed by atoms with Crippen LogP contribution in [0.25, 0.3) is 11.2 Å². The van der Waals surface area contributed by atoms with Gasteiger partial charge in [-0.3, -0.25) is 13.9 Å². The van der Waals surface area contributed by atoms with Gasteiger partial charge in [0.25, 0.3) is 0 Å². The van der Waals surface area contributed by atoms with Gasteiger partial charge in [0.2, 0.25) is 11.8 Å². The van der Waals surface area contributed by atoms with Crippen molar-refractivity contribution in [2.24, 2.45) is 5.41 Å². The highest BCUT2D eigenvalue weighted by atomic mass is 31.2. The Morgan fingerprint density at radius 1 is 1.33 bits per heavy atom. The summed E-state index contributed by atoms with van der Waals surface area (Å²) < 4.78 is 43.7. The van der Waals surface area contributed by atoms with Crippen molar-refractivity contribution >= 4 is 30.8 Å². The first-order chi connectivity index (χ1) is 20.5. The number of hydrogen-bond donors (Lipinski definition) is 3. The lowest BCUT2D eigenvalue weighted by atomic mass is 9.84. The number of benzene rings is 1. The maximum absolute atomic E-state index is 13.9. The van der Waals surface area contributed by atoms with Crippen molar-refractivity contribution in [3.8, 4) is 17.7 Å². The molecule has 16 heteroatoms. The van der Waals surface area contributed by atoms with E-state index in [0.717, 1.165) is 6.42 Å². The number of rotatable bonds is 14. The molecule has 232 valence electrons. The Bertz CT molecular complexity index is 1500. The first kappa shape index (κ1) is 32.1. The summed E-state index contributed by atoms with van der Waals surface area (Å²) in [5.41, 5.74) is 4.88. The third-order valence-electron chi connectivity index (χ3n) is 6.79. The topological polar surface area (TPSA) is 206 Å². The molecule has 1 aliphatic heterocycles. The first-order valence-corrected chi connectivity index (χ1v) is 15.4. The first-order valence-electron chi connectivity index (χ1n) is 13.9. The Morgan fingerprint density at radius 2 is 2.07 bits per heavy atom. The van der Waals surface area contributed by atoms with Crippen molar-refractivity contribution in [1.82, 2.24) is 24.6 Å². The van der Waals surface area contributed by atoms with Crippen LogP contribution >= 0.6 is 7.75 Å². The zero-order valence-electron chi connectivity index (χ0n) is 24.4. The molecular formula is C27H36N7O8P. The van der Waals surface area contributed by atoms with Crippen molar-refractivity contribution in [2.75, 3.05) is 25.6 Å². The van der Waals surface area contributed by atoms with Crippen LogP contribution in [0.2, 0.25) is 0 Å². The molecule has 1 aliphatic rings. The molecule has 0 radical (unpaired) electrons. The van der Waals surface area contributed by atoms with Crippen molar-refractivity contribution in [3.63, 3.8) is 0 Å². The van der Waals surface area contributed by atoms with E-state index in [2.05, 4.69) is 26.1 Å². The van der Waals surface area contributed by atoms with E-state index < -0.39 is 50.2 Å². The maximum Gasteiger partial charge on any atom is 0.459 e.